The summed E-state index contributed by atoms with van der Waals surface area (Å²) in [4.78, 5) is 16.9. The zero-order chi connectivity index (χ0) is 14.9. The van der Waals surface area contributed by atoms with E-state index in [-0.39, 0.29) is 5.91 Å². The van der Waals surface area contributed by atoms with Gasteiger partial charge in [0.1, 0.15) is 0 Å². The Morgan fingerprint density at radius 2 is 2.24 bits per heavy atom. The fourth-order valence-corrected chi connectivity index (χ4v) is 3.19. The lowest BCUT2D eigenvalue weighted by molar-refractivity contribution is -0.122. The predicted molar refractivity (Wildman–Crippen MR) is 84.9 cm³/mol. The van der Waals surface area contributed by atoms with E-state index in [2.05, 4.69) is 17.2 Å². The summed E-state index contributed by atoms with van der Waals surface area (Å²) in [5, 5.41) is 3.95. The van der Waals surface area contributed by atoms with E-state index in [0.29, 0.717) is 11.6 Å². The largest absolute Gasteiger partial charge is 0.323 e. The Bertz CT molecular complexity index is 670. The highest BCUT2D eigenvalue weighted by atomic mass is 16.2. The van der Waals surface area contributed by atoms with Crippen LogP contribution in [0.1, 0.15) is 32.6 Å². The molecule has 2 aromatic rings. The summed E-state index contributed by atoms with van der Waals surface area (Å²) < 4.78 is 0. The van der Waals surface area contributed by atoms with E-state index in [9.17, 15) is 4.79 Å². The number of hydrogen-bond donors (Lipinski definition) is 2. The van der Waals surface area contributed by atoms with Crippen LogP contribution in [0.4, 0.5) is 5.69 Å². The van der Waals surface area contributed by atoms with Crippen LogP contribution in [0.3, 0.4) is 0 Å². The first-order valence-corrected chi connectivity index (χ1v) is 7.52. The Hall–Kier alpha value is -1.94. The first kappa shape index (κ1) is 14.0. The van der Waals surface area contributed by atoms with Crippen molar-refractivity contribution in [2.75, 3.05) is 5.32 Å². The number of aromatic nitrogens is 1. The molecule has 0 saturated heterocycles. The van der Waals surface area contributed by atoms with Crippen molar-refractivity contribution in [1.82, 2.24) is 4.98 Å². The third kappa shape index (κ3) is 2.90. The highest BCUT2D eigenvalue weighted by Crippen LogP contribution is 2.31. The van der Waals surface area contributed by atoms with Crippen LogP contribution in [0, 0.1) is 5.92 Å². The maximum Gasteiger partial charge on any atom is 0.244 e. The molecular formula is C17H21N3O. The van der Waals surface area contributed by atoms with Gasteiger partial charge in [-0.15, -0.1) is 0 Å². The number of nitrogens with zero attached hydrogens (tertiary/aromatic N) is 1. The van der Waals surface area contributed by atoms with Gasteiger partial charge in [-0.2, -0.15) is 0 Å². The van der Waals surface area contributed by atoms with Crippen molar-refractivity contribution in [3.63, 3.8) is 0 Å². The number of anilines is 1. The molecule has 110 valence electrons. The molecule has 1 heterocycles. The number of rotatable bonds is 2. The number of fused-ring (bicyclic) bond motifs is 1. The van der Waals surface area contributed by atoms with Crippen molar-refractivity contribution in [3.8, 4) is 0 Å². The molecule has 4 heteroatoms. The molecule has 0 aliphatic heterocycles. The van der Waals surface area contributed by atoms with Crippen molar-refractivity contribution in [3.05, 3.63) is 36.5 Å². The molecular weight excluding hydrogens is 262 g/mol. The van der Waals surface area contributed by atoms with Crippen molar-refractivity contribution in [2.24, 2.45) is 11.7 Å². The lowest BCUT2D eigenvalue weighted by Crippen LogP contribution is -2.53. The summed E-state index contributed by atoms with van der Waals surface area (Å²) in [6.07, 6.45) is 5.37. The molecule has 0 spiro atoms. The number of nitrogens with one attached hydrogen (secondary N) is 1. The Kier molecular flexibility index (Phi) is 3.64. The van der Waals surface area contributed by atoms with Gasteiger partial charge in [-0.1, -0.05) is 38.0 Å². The molecule has 3 rings (SSSR count). The molecule has 0 bridgehead atoms. The zero-order valence-electron chi connectivity index (χ0n) is 12.3. The molecule has 3 N–H and O–H groups in total. The molecule has 1 saturated carbocycles. The van der Waals surface area contributed by atoms with Crippen molar-refractivity contribution < 1.29 is 4.79 Å². The van der Waals surface area contributed by atoms with Crippen molar-refractivity contribution >= 4 is 22.5 Å². The van der Waals surface area contributed by atoms with E-state index in [1.165, 1.54) is 0 Å². The maximum atomic E-state index is 12.5. The Morgan fingerprint density at radius 1 is 1.43 bits per heavy atom. The molecule has 1 aromatic carbocycles. The second-order valence-corrected chi connectivity index (χ2v) is 6.23. The molecule has 1 amide bonds. The van der Waals surface area contributed by atoms with Crippen LogP contribution in [-0.4, -0.2) is 16.4 Å². The zero-order valence-corrected chi connectivity index (χ0v) is 12.3. The fourth-order valence-electron chi connectivity index (χ4n) is 3.19. The number of pyridine rings is 1. The van der Waals surface area contributed by atoms with Crippen LogP contribution < -0.4 is 11.1 Å². The number of para-hydroxylation sites is 1. The average molecular weight is 283 g/mol. The van der Waals surface area contributed by atoms with Crippen LogP contribution >= 0.6 is 0 Å². The minimum atomic E-state index is -0.747. The maximum absolute atomic E-state index is 12.5. The summed E-state index contributed by atoms with van der Waals surface area (Å²) >= 11 is 0. The molecule has 4 nitrogen and oxygen atoms in total. The smallest absolute Gasteiger partial charge is 0.244 e. The minimum Gasteiger partial charge on any atom is -0.323 e. The normalized spacial score (nSPS) is 25.7. The van der Waals surface area contributed by atoms with E-state index >= 15 is 0 Å². The van der Waals surface area contributed by atoms with E-state index in [0.717, 1.165) is 36.6 Å². The lowest BCUT2D eigenvalue weighted by atomic mass is 9.76. The molecule has 1 aliphatic carbocycles. The fraction of sp³-hybridized carbons (Fsp3) is 0.412. The van der Waals surface area contributed by atoms with Gasteiger partial charge >= 0.3 is 0 Å². The molecule has 2 unspecified atom stereocenters. The second kappa shape index (κ2) is 5.45. The van der Waals surface area contributed by atoms with Crippen LogP contribution in [0.5, 0.6) is 0 Å². The van der Waals surface area contributed by atoms with Gasteiger partial charge in [-0.05, 0) is 30.9 Å². The summed E-state index contributed by atoms with van der Waals surface area (Å²) in [6, 6.07) is 9.79. The van der Waals surface area contributed by atoms with Crippen LogP contribution in [-0.2, 0) is 4.79 Å². The minimum absolute atomic E-state index is 0.0915. The average Bonchev–Trinajstić information content (AvgIpc) is 2.47. The Morgan fingerprint density at radius 3 is 3.05 bits per heavy atom. The van der Waals surface area contributed by atoms with Crippen LogP contribution in [0.15, 0.2) is 36.5 Å². The van der Waals surface area contributed by atoms with Gasteiger partial charge in [0.2, 0.25) is 5.91 Å². The van der Waals surface area contributed by atoms with Gasteiger partial charge in [-0.3, -0.25) is 9.78 Å². The first-order chi connectivity index (χ1) is 10.1. The monoisotopic (exact) mass is 283 g/mol. The van der Waals surface area contributed by atoms with Gasteiger partial charge in [0, 0.05) is 5.39 Å². The number of carbonyl (C=O) groups excluding carboxylic acids is 1. The summed E-state index contributed by atoms with van der Waals surface area (Å²) in [5.41, 5.74) is 7.20. The predicted octanol–water partition coefficient (Wildman–Crippen LogP) is 3.08. The summed E-state index contributed by atoms with van der Waals surface area (Å²) in [6.45, 7) is 2.16. The van der Waals surface area contributed by atoms with Crippen molar-refractivity contribution in [2.45, 2.75) is 38.1 Å². The SMILES string of the molecule is CC1CCCC(N)(C(=O)Nc2cnc3ccccc3c2)C1. The van der Waals surface area contributed by atoms with Gasteiger partial charge < -0.3 is 11.1 Å². The van der Waals surface area contributed by atoms with Crippen molar-refractivity contribution in [1.29, 1.82) is 0 Å². The van der Waals surface area contributed by atoms with E-state index in [1.807, 2.05) is 30.3 Å². The molecule has 2 atom stereocenters. The number of amides is 1. The van der Waals surface area contributed by atoms with Crippen LogP contribution in [0.2, 0.25) is 0 Å². The van der Waals surface area contributed by atoms with Crippen LogP contribution in [0.25, 0.3) is 10.9 Å². The first-order valence-electron chi connectivity index (χ1n) is 7.52. The van der Waals surface area contributed by atoms with Gasteiger partial charge in [0.15, 0.2) is 0 Å². The molecule has 0 radical (unpaired) electrons. The van der Waals surface area contributed by atoms with Gasteiger partial charge in [0.05, 0.1) is 22.9 Å². The molecule has 1 aromatic heterocycles. The topological polar surface area (TPSA) is 68.0 Å². The number of hydrogen-bond acceptors (Lipinski definition) is 3. The standard InChI is InChI=1S/C17H21N3O/c1-12-5-4-8-17(18,10-12)16(21)20-14-9-13-6-2-3-7-15(13)19-11-14/h2-3,6-7,9,11-12H,4-5,8,10,18H2,1H3,(H,20,21). The third-order valence-electron chi connectivity index (χ3n) is 4.33. The molecule has 21 heavy (non-hydrogen) atoms. The van der Waals surface area contributed by atoms with E-state index in [4.69, 9.17) is 5.73 Å². The van der Waals surface area contributed by atoms with Gasteiger partial charge in [0.25, 0.3) is 0 Å². The van der Waals surface area contributed by atoms with Gasteiger partial charge in [-0.25, -0.2) is 0 Å². The number of carbonyl (C=O) groups is 1. The number of benzene rings is 1. The lowest BCUT2D eigenvalue weighted by Gasteiger charge is -2.35. The molecule has 1 fully saturated rings. The van der Waals surface area contributed by atoms with E-state index < -0.39 is 5.54 Å². The highest BCUT2D eigenvalue weighted by molar-refractivity contribution is 5.99. The Balaban J connectivity index is 1.79. The third-order valence-corrected chi connectivity index (χ3v) is 4.33. The Labute approximate surface area is 124 Å². The quantitative estimate of drug-likeness (QED) is 0.890. The number of nitrogens with two attached hydrogens (primary N) is 1. The highest BCUT2D eigenvalue weighted by Gasteiger charge is 2.37. The molecule has 1 aliphatic rings. The summed E-state index contributed by atoms with van der Waals surface area (Å²) in [5.74, 6) is 0.412. The second-order valence-electron chi connectivity index (χ2n) is 6.23. The van der Waals surface area contributed by atoms with E-state index in [1.54, 1.807) is 6.20 Å². The summed E-state index contributed by atoms with van der Waals surface area (Å²) in [7, 11) is 0.